The van der Waals surface area contributed by atoms with Crippen molar-refractivity contribution >= 4 is 52.4 Å². The molecule has 4 aromatic carbocycles. The Labute approximate surface area is 255 Å². The molecule has 0 aromatic heterocycles. The molecule has 0 amide bonds. The van der Waals surface area contributed by atoms with Gasteiger partial charge in [0.05, 0.1) is 23.4 Å². The average molecular weight is 604 g/mol. The quantitative estimate of drug-likeness (QED) is 0.161. The van der Waals surface area contributed by atoms with Crippen molar-refractivity contribution in [2.24, 2.45) is 10.9 Å². The Kier molecular flexibility index (Phi) is 8.25. The Morgan fingerprint density at radius 2 is 1.76 bits per heavy atom. The number of anilines is 1. The van der Waals surface area contributed by atoms with E-state index in [0.717, 1.165) is 23.2 Å². The second kappa shape index (κ2) is 12.2. The minimum Gasteiger partial charge on any atom is -0.490 e. The van der Waals surface area contributed by atoms with Crippen LogP contribution in [0.15, 0.2) is 96.0 Å². The fraction of sp³-hybridized carbons (Fsp3) is 0.206. The van der Waals surface area contributed by atoms with Gasteiger partial charge in [0.1, 0.15) is 6.61 Å². The lowest BCUT2D eigenvalue weighted by Crippen LogP contribution is -2.28. The van der Waals surface area contributed by atoms with E-state index in [1.807, 2.05) is 25.1 Å². The van der Waals surface area contributed by atoms with Crippen LogP contribution in [-0.2, 0) is 6.61 Å². The maximum Gasteiger partial charge on any atom is 0.180 e. The molecule has 4 nitrogen and oxygen atoms in total. The maximum absolute atomic E-state index is 6.64. The van der Waals surface area contributed by atoms with Gasteiger partial charge in [0.15, 0.2) is 11.5 Å². The zero-order valence-corrected chi connectivity index (χ0v) is 24.8. The fourth-order valence-electron chi connectivity index (χ4n) is 5.64. The number of nitrogens with one attached hydrogen (secondary N) is 1. The van der Waals surface area contributed by atoms with Crippen molar-refractivity contribution in [3.8, 4) is 11.5 Å². The molecule has 4 aromatic rings. The van der Waals surface area contributed by atoms with Crippen molar-refractivity contribution in [1.82, 2.24) is 0 Å². The van der Waals surface area contributed by atoms with Gasteiger partial charge in [-0.3, -0.25) is 4.99 Å². The van der Waals surface area contributed by atoms with E-state index < -0.39 is 0 Å². The molecule has 3 atom stereocenters. The number of benzene rings is 4. The van der Waals surface area contributed by atoms with Gasteiger partial charge in [-0.15, -0.1) is 0 Å². The average Bonchev–Trinajstić information content (AvgIpc) is 3.47. The fourth-order valence-corrected chi connectivity index (χ4v) is 6.38. The van der Waals surface area contributed by atoms with Crippen LogP contribution in [0.1, 0.15) is 47.6 Å². The molecule has 1 N–H and O–H groups in total. The van der Waals surface area contributed by atoms with E-state index in [1.54, 1.807) is 18.3 Å². The van der Waals surface area contributed by atoms with Crippen LogP contribution in [0.4, 0.5) is 11.4 Å². The topological polar surface area (TPSA) is 42.8 Å². The molecule has 1 aliphatic carbocycles. The monoisotopic (exact) mass is 602 g/mol. The van der Waals surface area contributed by atoms with Crippen molar-refractivity contribution in [1.29, 1.82) is 0 Å². The zero-order chi connectivity index (χ0) is 28.3. The second-order valence-corrected chi connectivity index (χ2v) is 11.5. The first-order valence-corrected chi connectivity index (χ1v) is 14.8. The highest BCUT2D eigenvalue weighted by Crippen LogP contribution is 2.49. The number of hydrogen-bond acceptors (Lipinski definition) is 4. The molecule has 0 saturated carbocycles. The van der Waals surface area contributed by atoms with Crippen molar-refractivity contribution in [3.63, 3.8) is 0 Å². The number of fused-ring (bicyclic) bond motifs is 3. The summed E-state index contributed by atoms with van der Waals surface area (Å²) in [5, 5.41) is 5.32. The number of halogens is 3. The smallest absolute Gasteiger partial charge is 0.180 e. The van der Waals surface area contributed by atoms with E-state index >= 15 is 0 Å². The molecule has 0 bridgehead atoms. The molecular weight excluding hydrogens is 575 g/mol. The first-order valence-electron chi connectivity index (χ1n) is 13.7. The van der Waals surface area contributed by atoms with E-state index in [-0.39, 0.29) is 12.6 Å². The molecule has 7 heteroatoms. The SMILES string of the molecule is CCOc1cc(C=Nc2ccc([C@@H]3Nc4ccccc4[C@H]4C=CC[C@H]43)cc2)cc(Cl)c1OCc1ccc(Cl)cc1Cl. The van der Waals surface area contributed by atoms with Crippen LogP contribution in [-0.4, -0.2) is 12.8 Å². The second-order valence-electron chi connectivity index (χ2n) is 10.2. The highest BCUT2D eigenvalue weighted by atomic mass is 35.5. The van der Waals surface area contributed by atoms with Crippen LogP contribution < -0.4 is 14.8 Å². The first-order chi connectivity index (χ1) is 20.0. The van der Waals surface area contributed by atoms with Crippen LogP contribution in [0, 0.1) is 5.92 Å². The van der Waals surface area contributed by atoms with Gasteiger partial charge in [-0.05, 0) is 78.4 Å². The third kappa shape index (κ3) is 5.97. The van der Waals surface area contributed by atoms with Gasteiger partial charge in [-0.2, -0.15) is 0 Å². The zero-order valence-electron chi connectivity index (χ0n) is 22.5. The van der Waals surface area contributed by atoms with E-state index in [0.29, 0.717) is 45.0 Å². The molecule has 208 valence electrons. The summed E-state index contributed by atoms with van der Waals surface area (Å²) in [6.45, 7) is 2.61. The van der Waals surface area contributed by atoms with Gasteiger partial charge in [-0.1, -0.05) is 83.4 Å². The Balaban J connectivity index is 1.18. The predicted octanol–water partition coefficient (Wildman–Crippen LogP) is 10.2. The number of hydrogen-bond donors (Lipinski definition) is 1. The van der Waals surface area contributed by atoms with Crippen molar-refractivity contribution in [2.45, 2.75) is 31.9 Å². The lowest BCUT2D eigenvalue weighted by atomic mass is 9.77. The Bertz CT molecular complexity index is 1620. The summed E-state index contributed by atoms with van der Waals surface area (Å²) in [6.07, 6.45) is 7.54. The molecule has 2 aliphatic rings. The summed E-state index contributed by atoms with van der Waals surface area (Å²) >= 11 is 19.0. The van der Waals surface area contributed by atoms with Crippen LogP contribution in [0.3, 0.4) is 0 Å². The molecule has 0 spiro atoms. The Morgan fingerprint density at radius 3 is 2.56 bits per heavy atom. The predicted molar refractivity (Wildman–Crippen MR) is 170 cm³/mol. The highest BCUT2D eigenvalue weighted by Gasteiger charge is 2.37. The van der Waals surface area contributed by atoms with Crippen LogP contribution >= 0.6 is 34.8 Å². The van der Waals surface area contributed by atoms with Crippen molar-refractivity contribution in [2.75, 3.05) is 11.9 Å². The van der Waals surface area contributed by atoms with E-state index in [2.05, 4.69) is 66.0 Å². The third-order valence-electron chi connectivity index (χ3n) is 7.61. The van der Waals surface area contributed by atoms with E-state index in [9.17, 15) is 0 Å². The summed E-state index contributed by atoms with van der Waals surface area (Å²) in [6, 6.07) is 26.3. The van der Waals surface area contributed by atoms with Crippen LogP contribution in [0.5, 0.6) is 11.5 Å². The molecule has 6 rings (SSSR count). The van der Waals surface area contributed by atoms with E-state index in [1.165, 1.54) is 16.8 Å². The normalized spacial score (nSPS) is 19.1. The largest absolute Gasteiger partial charge is 0.490 e. The van der Waals surface area contributed by atoms with Gasteiger partial charge in [0.25, 0.3) is 0 Å². The molecule has 1 aliphatic heterocycles. The summed E-state index contributed by atoms with van der Waals surface area (Å²) in [5.41, 5.74) is 6.34. The molecule has 0 saturated heterocycles. The molecule has 1 heterocycles. The van der Waals surface area contributed by atoms with Crippen LogP contribution in [0.2, 0.25) is 15.1 Å². The summed E-state index contributed by atoms with van der Waals surface area (Å²) in [4.78, 5) is 4.71. The maximum atomic E-state index is 6.64. The Morgan fingerprint density at radius 1 is 0.927 bits per heavy atom. The third-order valence-corrected chi connectivity index (χ3v) is 8.47. The standard InChI is InChI=1S/C34H29Cl3N2O2/c1-2-40-32-17-21(16-30(37)34(32)41-20-23-10-13-24(35)18-29(23)36)19-38-25-14-11-22(12-15-25)33-28-8-5-7-26(28)27-6-3-4-9-31(27)39-33/h3-7,9-19,26,28,33,39H,2,8,20H2,1H3/t26-,28-,33+/m1/s1. The number of ether oxygens (including phenoxy) is 2. The van der Waals surface area contributed by atoms with Gasteiger partial charge in [-0.25, -0.2) is 0 Å². The Hall–Kier alpha value is -3.44. The lowest BCUT2D eigenvalue weighted by Gasteiger charge is -2.37. The molecular formula is C34H29Cl3N2O2. The number of para-hydroxylation sites is 1. The molecule has 0 radical (unpaired) electrons. The summed E-state index contributed by atoms with van der Waals surface area (Å²) < 4.78 is 11.9. The van der Waals surface area contributed by atoms with Crippen LogP contribution in [0.25, 0.3) is 0 Å². The minimum absolute atomic E-state index is 0.231. The molecule has 0 unspecified atom stereocenters. The van der Waals surface area contributed by atoms with E-state index in [4.69, 9.17) is 49.3 Å². The summed E-state index contributed by atoms with van der Waals surface area (Å²) in [5.74, 6) is 1.97. The summed E-state index contributed by atoms with van der Waals surface area (Å²) in [7, 11) is 0. The molecule has 41 heavy (non-hydrogen) atoms. The molecule has 0 fully saturated rings. The van der Waals surface area contributed by atoms with Crippen molar-refractivity contribution in [3.05, 3.63) is 128 Å². The number of allylic oxidation sites excluding steroid dienone is 2. The highest BCUT2D eigenvalue weighted by molar-refractivity contribution is 6.35. The number of nitrogens with zero attached hydrogens (tertiary/aromatic N) is 1. The number of aliphatic imine (C=N–C) groups is 1. The van der Waals surface area contributed by atoms with Crippen molar-refractivity contribution < 1.29 is 9.47 Å². The van der Waals surface area contributed by atoms with Gasteiger partial charge >= 0.3 is 0 Å². The van der Waals surface area contributed by atoms with Gasteiger partial charge in [0.2, 0.25) is 0 Å². The van der Waals surface area contributed by atoms with Gasteiger partial charge < -0.3 is 14.8 Å². The minimum atomic E-state index is 0.231. The first kappa shape index (κ1) is 27.7. The number of rotatable bonds is 8. The van der Waals surface area contributed by atoms with Gasteiger partial charge in [0, 0.05) is 33.4 Å². The lowest BCUT2D eigenvalue weighted by molar-refractivity contribution is 0.269.